The Morgan fingerprint density at radius 3 is 2.62 bits per heavy atom. The molecule has 0 amide bonds. The predicted octanol–water partition coefficient (Wildman–Crippen LogP) is 0.153. The van der Waals surface area contributed by atoms with Gasteiger partial charge in [-0.25, -0.2) is 0 Å². The van der Waals surface area contributed by atoms with E-state index in [4.69, 9.17) is 14.2 Å². The van der Waals surface area contributed by atoms with E-state index in [-0.39, 0.29) is 12.2 Å². The number of hydrogen-bond donors (Lipinski definition) is 2. The third kappa shape index (κ3) is 1.59. The first-order valence-electron chi connectivity index (χ1n) is 4.33. The van der Waals surface area contributed by atoms with Crippen molar-refractivity contribution in [3.05, 3.63) is 0 Å². The van der Waals surface area contributed by atoms with E-state index in [1.54, 1.807) is 13.8 Å². The van der Waals surface area contributed by atoms with E-state index >= 15 is 0 Å². The molecule has 0 aromatic carbocycles. The van der Waals surface area contributed by atoms with Gasteiger partial charge in [-0.2, -0.15) is 12.6 Å². The summed E-state index contributed by atoms with van der Waals surface area (Å²) in [6.45, 7) is 3.61. The number of rotatable bonds is 1. The fourth-order valence-corrected chi connectivity index (χ4v) is 2.01. The van der Waals surface area contributed by atoms with Gasteiger partial charge >= 0.3 is 0 Å². The molecule has 0 spiro atoms. The van der Waals surface area contributed by atoms with Crippen LogP contribution in [0.4, 0.5) is 0 Å². The molecule has 0 aromatic heterocycles. The zero-order valence-corrected chi connectivity index (χ0v) is 8.53. The number of ether oxygens (including phenoxy) is 3. The van der Waals surface area contributed by atoms with E-state index in [2.05, 4.69) is 12.6 Å². The van der Waals surface area contributed by atoms with Crippen molar-refractivity contribution in [2.75, 3.05) is 5.75 Å². The molecule has 0 unspecified atom stereocenters. The monoisotopic (exact) mass is 206 g/mol. The van der Waals surface area contributed by atoms with Crippen LogP contribution in [0.1, 0.15) is 13.8 Å². The first-order valence-corrected chi connectivity index (χ1v) is 4.97. The minimum Gasteiger partial charge on any atom is -0.387 e. The van der Waals surface area contributed by atoms with Crippen LogP contribution in [-0.4, -0.2) is 41.2 Å². The summed E-state index contributed by atoms with van der Waals surface area (Å²) < 4.78 is 16.3. The van der Waals surface area contributed by atoms with Gasteiger partial charge in [0.15, 0.2) is 12.1 Å². The molecule has 4 nitrogen and oxygen atoms in total. The number of thiol groups is 1. The van der Waals surface area contributed by atoms with Crippen molar-refractivity contribution in [2.45, 2.75) is 44.2 Å². The number of hydrogen-bond acceptors (Lipinski definition) is 5. The second-order valence-corrected chi connectivity index (χ2v) is 4.18. The lowest BCUT2D eigenvalue weighted by molar-refractivity contribution is -0.211. The molecule has 2 aliphatic rings. The van der Waals surface area contributed by atoms with Gasteiger partial charge < -0.3 is 19.3 Å². The summed E-state index contributed by atoms with van der Waals surface area (Å²) in [5.74, 6) is -0.181. The molecule has 2 saturated heterocycles. The molecule has 2 aliphatic heterocycles. The SMILES string of the molecule is CC1(C)O[C@H]2O[C@H](CS)[C@H](O)[C@H]2O1. The second kappa shape index (κ2) is 3.10. The van der Waals surface area contributed by atoms with Crippen LogP contribution in [0.25, 0.3) is 0 Å². The van der Waals surface area contributed by atoms with Crippen LogP contribution in [0.15, 0.2) is 0 Å². The molecule has 0 aromatic rings. The molecule has 5 heteroatoms. The van der Waals surface area contributed by atoms with E-state index in [1.807, 2.05) is 0 Å². The van der Waals surface area contributed by atoms with Crippen LogP contribution in [0.2, 0.25) is 0 Å². The minimum atomic E-state index is -0.655. The molecule has 0 saturated carbocycles. The first kappa shape index (κ1) is 9.73. The number of aliphatic hydroxyl groups excluding tert-OH is 1. The first-order chi connectivity index (χ1) is 6.03. The molecular weight excluding hydrogens is 192 g/mol. The highest BCUT2D eigenvalue weighted by molar-refractivity contribution is 7.80. The van der Waals surface area contributed by atoms with Crippen LogP contribution in [0.3, 0.4) is 0 Å². The van der Waals surface area contributed by atoms with Gasteiger partial charge in [-0.05, 0) is 13.8 Å². The van der Waals surface area contributed by atoms with Gasteiger partial charge in [-0.15, -0.1) is 0 Å². The topological polar surface area (TPSA) is 47.9 Å². The molecule has 0 radical (unpaired) electrons. The van der Waals surface area contributed by atoms with E-state index in [1.165, 1.54) is 0 Å². The van der Waals surface area contributed by atoms with Crippen LogP contribution in [0.5, 0.6) is 0 Å². The Bertz CT molecular complexity index is 208. The molecule has 2 heterocycles. The normalized spacial score (nSPS) is 48.0. The zero-order valence-electron chi connectivity index (χ0n) is 7.64. The van der Waals surface area contributed by atoms with Crippen molar-refractivity contribution in [1.29, 1.82) is 0 Å². The third-order valence-corrected chi connectivity index (χ3v) is 2.65. The van der Waals surface area contributed by atoms with Crippen molar-refractivity contribution < 1.29 is 19.3 Å². The predicted molar refractivity (Wildman–Crippen MR) is 48.6 cm³/mol. The summed E-state index contributed by atoms with van der Waals surface area (Å²) in [4.78, 5) is 0. The largest absolute Gasteiger partial charge is 0.387 e. The fraction of sp³-hybridized carbons (Fsp3) is 1.00. The summed E-state index contributed by atoms with van der Waals surface area (Å²) in [5, 5.41) is 9.71. The van der Waals surface area contributed by atoms with Crippen molar-refractivity contribution in [1.82, 2.24) is 0 Å². The van der Waals surface area contributed by atoms with Gasteiger partial charge in [0.25, 0.3) is 0 Å². The molecule has 13 heavy (non-hydrogen) atoms. The van der Waals surface area contributed by atoms with Gasteiger partial charge in [-0.1, -0.05) is 0 Å². The summed E-state index contributed by atoms with van der Waals surface area (Å²) in [5.41, 5.74) is 0. The van der Waals surface area contributed by atoms with Crippen molar-refractivity contribution in [3.8, 4) is 0 Å². The highest BCUT2D eigenvalue weighted by Crippen LogP contribution is 2.37. The lowest BCUT2D eigenvalue weighted by atomic mass is 10.1. The molecule has 76 valence electrons. The summed E-state index contributed by atoms with van der Waals surface area (Å²) in [6, 6.07) is 0. The van der Waals surface area contributed by atoms with E-state index in [0.29, 0.717) is 5.75 Å². The van der Waals surface area contributed by atoms with Gasteiger partial charge in [0.05, 0.1) is 6.10 Å². The van der Waals surface area contributed by atoms with Gasteiger partial charge in [0.1, 0.15) is 12.2 Å². The summed E-state index contributed by atoms with van der Waals surface area (Å²) in [7, 11) is 0. The van der Waals surface area contributed by atoms with Gasteiger partial charge in [0, 0.05) is 5.75 Å². The zero-order chi connectivity index (χ0) is 9.64. The molecule has 1 N–H and O–H groups in total. The Labute approximate surface area is 82.6 Å². The number of fused-ring (bicyclic) bond motifs is 1. The summed E-state index contributed by atoms with van der Waals surface area (Å²) >= 11 is 4.07. The van der Waals surface area contributed by atoms with E-state index in [0.717, 1.165) is 0 Å². The minimum absolute atomic E-state index is 0.283. The molecular formula is C8H14O4S. The lowest BCUT2D eigenvalue weighted by Crippen LogP contribution is -2.35. The van der Waals surface area contributed by atoms with Crippen LogP contribution >= 0.6 is 12.6 Å². The maximum absolute atomic E-state index is 9.71. The Kier molecular flexibility index (Phi) is 2.32. The Morgan fingerprint density at radius 1 is 1.38 bits per heavy atom. The molecule has 2 rings (SSSR count). The van der Waals surface area contributed by atoms with Crippen molar-refractivity contribution in [3.63, 3.8) is 0 Å². The van der Waals surface area contributed by atoms with Gasteiger partial charge in [-0.3, -0.25) is 0 Å². The maximum atomic E-state index is 9.71. The van der Waals surface area contributed by atoms with Crippen LogP contribution < -0.4 is 0 Å². The van der Waals surface area contributed by atoms with Crippen molar-refractivity contribution >= 4 is 12.6 Å². The highest BCUT2D eigenvalue weighted by Gasteiger charge is 2.53. The Morgan fingerprint density at radius 2 is 2.08 bits per heavy atom. The molecule has 2 fully saturated rings. The molecule has 4 atom stereocenters. The lowest BCUT2D eigenvalue weighted by Gasteiger charge is -2.21. The number of aliphatic hydroxyl groups is 1. The second-order valence-electron chi connectivity index (χ2n) is 3.82. The fourth-order valence-electron chi connectivity index (χ4n) is 1.71. The Hall–Kier alpha value is 0.190. The Balaban J connectivity index is 2.07. The van der Waals surface area contributed by atoms with Crippen LogP contribution in [-0.2, 0) is 14.2 Å². The summed E-state index contributed by atoms with van der Waals surface area (Å²) in [6.07, 6.45) is -1.73. The average molecular weight is 206 g/mol. The van der Waals surface area contributed by atoms with Crippen LogP contribution in [0, 0.1) is 0 Å². The maximum Gasteiger partial charge on any atom is 0.190 e. The average Bonchev–Trinajstić information content (AvgIpc) is 2.47. The standard InChI is InChI=1S/C8H14O4S/c1-8(2)11-6-5(9)4(3-13)10-7(6)12-8/h4-7,9,13H,3H2,1-2H3/t4-,5+,6-,7-/m1/s1. The van der Waals surface area contributed by atoms with E-state index in [9.17, 15) is 5.11 Å². The van der Waals surface area contributed by atoms with E-state index < -0.39 is 18.2 Å². The molecule has 0 aliphatic carbocycles. The van der Waals surface area contributed by atoms with Gasteiger partial charge in [0.2, 0.25) is 0 Å². The van der Waals surface area contributed by atoms with Crippen molar-refractivity contribution in [2.24, 2.45) is 0 Å². The quantitative estimate of drug-likeness (QED) is 0.600. The third-order valence-electron chi connectivity index (χ3n) is 2.29. The molecule has 0 bridgehead atoms. The smallest absolute Gasteiger partial charge is 0.190 e. The highest BCUT2D eigenvalue weighted by atomic mass is 32.1.